The number of hydrogen-bond donors (Lipinski definition) is 2. The highest BCUT2D eigenvalue weighted by Gasteiger charge is 2.47. The zero-order chi connectivity index (χ0) is 14.2. The van der Waals surface area contributed by atoms with Crippen LogP contribution in [-0.2, 0) is 4.79 Å². The summed E-state index contributed by atoms with van der Waals surface area (Å²) in [6, 6.07) is 9.81. The lowest BCUT2D eigenvalue weighted by molar-refractivity contribution is -0.132. The Labute approximate surface area is 118 Å². The topological polar surface area (TPSA) is 68.0 Å². The molecule has 0 bridgehead atoms. The van der Waals surface area contributed by atoms with Crippen LogP contribution in [0.3, 0.4) is 0 Å². The van der Waals surface area contributed by atoms with Crippen molar-refractivity contribution >= 4 is 22.5 Å². The predicted octanol–water partition coefficient (Wildman–Crippen LogP) is 2.55. The zero-order valence-electron chi connectivity index (χ0n) is 11.6. The summed E-state index contributed by atoms with van der Waals surface area (Å²) in [5.74, 6) is 0.606. The predicted molar refractivity (Wildman–Crippen MR) is 80.3 cm³/mol. The van der Waals surface area contributed by atoms with Crippen LogP contribution in [0.5, 0.6) is 0 Å². The summed E-state index contributed by atoms with van der Waals surface area (Å²) in [5.41, 5.74) is 7.08. The number of fused-ring (bicyclic) bond motifs is 1. The highest BCUT2D eigenvalue weighted by atomic mass is 16.2. The van der Waals surface area contributed by atoms with Crippen molar-refractivity contribution in [3.05, 3.63) is 36.5 Å². The lowest BCUT2D eigenvalue weighted by atomic mass is 9.62. The van der Waals surface area contributed by atoms with Gasteiger partial charge in [0.05, 0.1) is 22.8 Å². The van der Waals surface area contributed by atoms with E-state index in [0.717, 1.165) is 29.4 Å². The molecule has 1 aromatic carbocycles. The van der Waals surface area contributed by atoms with E-state index >= 15 is 0 Å². The molecule has 1 aliphatic rings. The highest BCUT2D eigenvalue weighted by Crippen LogP contribution is 2.45. The van der Waals surface area contributed by atoms with Crippen molar-refractivity contribution in [1.82, 2.24) is 4.98 Å². The summed E-state index contributed by atoms with van der Waals surface area (Å²) < 4.78 is 0. The number of nitrogens with one attached hydrogen (secondary N) is 1. The number of benzene rings is 1. The largest absolute Gasteiger partial charge is 0.329 e. The van der Waals surface area contributed by atoms with Crippen molar-refractivity contribution in [2.24, 2.45) is 17.1 Å². The van der Waals surface area contributed by atoms with Crippen LogP contribution in [-0.4, -0.2) is 17.4 Å². The third kappa shape index (κ3) is 2.16. The van der Waals surface area contributed by atoms with Crippen LogP contribution in [0.1, 0.15) is 19.8 Å². The van der Waals surface area contributed by atoms with Crippen molar-refractivity contribution < 1.29 is 4.79 Å². The second-order valence-electron chi connectivity index (χ2n) is 5.87. The Bertz CT molecular complexity index is 647. The Kier molecular flexibility index (Phi) is 3.18. The van der Waals surface area contributed by atoms with Gasteiger partial charge in [-0.05, 0) is 30.9 Å². The zero-order valence-corrected chi connectivity index (χ0v) is 11.6. The minimum atomic E-state index is -0.384. The monoisotopic (exact) mass is 269 g/mol. The van der Waals surface area contributed by atoms with Gasteiger partial charge in [-0.25, -0.2) is 0 Å². The molecule has 0 atom stereocenters. The first kappa shape index (κ1) is 13.1. The fourth-order valence-electron chi connectivity index (χ4n) is 3.12. The molecule has 3 rings (SSSR count). The minimum Gasteiger partial charge on any atom is -0.329 e. The van der Waals surface area contributed by atoms with E-state index in [0.29, 0.717) is 12.5 Å². The van der Waals surface area contributed by atoms with Gasteiger partial charge in [-0.1, -0.05) is 25.1 Å². The molecule has 104 valence electrons. The molecule has 0 saturated heterocycles. The van der Waals surface area contributed by atoms with Crippen molar-refractivity contribution in [1.29, 1.82) is 0 Å². The molecule has 1 fully saturated rings. The number of aromatic nitrogens is 1. The number of anilines is 1. The molecule has 2 aromatic rings. The van der Waals surface area contributed by atoms with Gasteiger partial charge in [0.25, 0.3) is 0 Å². The fraction of sp³-hybridized carbons (Fsp3) is 0.375. The van der Waals surface area contributed by atoms with E-state index < -0.39 is 0 Å². The number of hydrogen-bond acceptors (Lipinski definition) is 3. The molecule has 1 saturated carbocycles. The third-order valence-electron chi connectivity index (χ3n) is 4.20. The van der Waals surface area contributed by atoms with Crippen molar-refractivity contribution in [2.45, 2.75) is 19.8 Å². The van der Waals surface area contributed by atoms with E-state index in [-0.39, 0.29) is 11.3 Å². The van der Waals surface area contributed by atoms with Gasteiger partial charge in [0.1, 0.15) is 0 Å². The maximum Gasteiger partial charge on any atom is 0.231 e. The van der Waals surface area contributed by atoms with Gasteiger partial charge in [-0.3, -0.25) is 9.78 Å². The first-order chi connectivity index (χ1) is 9.63. The Morgan fingerprint density at radius 2 is 2.20 bits per heavy atom. The molecule has 3 N–H and O–H groups in total. The molecular formula is C16H19N3O. The molecule has 4 nitrogen and oxygen atoms in total. The summed E-state index contributed by atoms with van der Waals surface area (Å²) in [6.45, 7) is 2.56. The maximum atomic E-state index is 12.4. The van der Waals surface area contributed by atoms with Gasteiger partial charge in [-0.2, -0.15) is 0 Å². The molecular weight excluding hydrogens is 250 g/mol. The summed E-state index contributed by atoms with van der Waals surface area (Å²) in [5, 5.41) is 3.99. The van der Waals surface area contributed by atoms with E-state index in [4.69, 9.17) is 5.73 Å². The molecule has 4 heteroatoms. The highest BCUT2D eigenvalue weighted by molar-refractivity contribution is 5.97. The Hall–Kier alpha value is -1.94. The summed E-state index contributed by atoms with van der Waals surface area (Å²) >= 11 is 0. The maximum absolute atomic E-state index is 12.4. The Morgan fingerprint density at radius 1 is 1.45 bits per heavy atom. The van der Waals surface area contributed by atoms with E-state index in [1.54, 1.807) is 6.20 Å². The van der Waals surface area contributed by atoms with E-state index in [1.807, 2.05) is 30.3 Å². The number of para-hydroxylation sites is 1. The molecule has 20 heavy (non-hydrogen) atoms. The second kappa shape index (κ2) is 4.87. The fourth-order valence-corrected chi connectivity index (χ4v) is 3.12. The minimum absolute atomic E-state index is 0.0233. The molecule has 0 unspecified atom stereocenters. The van der Waals surface area contributed by atoms with Gasteiger partial charge < -0.3 is 11.1 Å². The van der Waals surface area contributed by atoms with Gasteiger partial charge >= 0.3 is 0 Å². The van der Waals surface area contributed by atoms with Crippen LogP contribution in [0.15, 0.2) is 36.5 Å². The molecule has 1 aliphatic carbocycles. The average Bonchev–Trinajstić information content (AvgIpc) is 2.43. The van der Waals surface area contributed by atoms with E-state index in [9.17, 15) is 4.79 Å². The normalized spacial score (nSPS) is 25.2. The van der Waals surface area contributed by atoms with Crippen molar-refractivity contribution in [3.63, 3.8) is 0 Å². The number of amides is 1. The van der Waals surface area contributed by atoms with Crippen LogP contribution in [0, 0.1) is 11.3 Å². The lowest BCUT2D eigenvalue weighted by Gasteiger charge is -2.44. The Balaban J connectivity index is 1.80. The number of pyridine rings is 1. The van der Waals surface area contributed by atoms with Gasteiger partial charge in [0.15, 0.2) is 0 Å². The summed E-state index contributed by atoms with van der Waals surface area (Å²) in [7, 11) is 0. The molecule has 1 aromatic heterocycles. The molecule has 0 spiro atoms. The summed E-state index contributed by atoms with van der Waals surface area (Å²) in [6.07, 6.45) is 3.44. The van der Waals surface area contributed by atoms with Crippen molar-refractivity contribution in [2.75, 3.05) is 11.9 Å². The van der Waals surface area contributed by atoms with Crippen LogP contribution < -0.4 is 11.1 Å². The SMILES string of the molecule is CC1CC(CN)(C(=O)Nc2cnc3ccccc3c2)C1. The number of nitrogens with two attached hydrogens (primary N) is 1. The Morgan fingerprint density at radius 3 is 2.90 bits per heavy atom. The molecule has 0 aliphatic heterocycles. The van der Waals surface area contributed by atoms with Gasteiger partial charge in [-0.15, -0.1) is 0 Å². The summed E-state index contributed by atoms with van der Waals surface area (Å²) in [4.78, 5) is 16.8. The van der Waals surface area contributed by atoms with Gasteiger partial charge in [0, 0.05) is 11.9 Å². The second-order valence-corrected chi connectivity index (χ2v) is 5.87. The van der Waals surface area contributed by atoms with Crippen LogP contribution >= 0.6 is 0 Å². The van der Waals surface area contributed by atoms with E-state index in [2.05, 4.69) is 17.2 Å². The number of carbonyl (C=O) groups excluding carboxylic acids is 1. The first-order valence-electron chi connectivity index (χ1n) is 6.99. The molecule has 1 amide bonds. The van der Waals surface area contributed by atoms with Gasteiger partial charge in [0.2, 0.25) is 5.91 Å². The third-order valence-corrected chi connectivity index (χ3v) is 4.20. The quantitative estimate of drug-likeness (QED) is 0.899. The standard InChI is InChI=1S/C16H19N3O/c1-11-7-16(8-11,10-17)15(20)19-13-6-12-4-2-3-5-14(12)18-9-13/h2-6,9,11H,7-8,10,17H2,1H3,(H,19,20). The van der Waals surface area contributed by atoms with Crippen LogP contribution in [0.4, 0.5) is 5.69 Å². The van der Waals surface area contributed by atoms with Crippen LogP contribution in [0.25, 0.3) is 10.9 Å². The number of carbonyl (C=O) groups is 1. The van der Waals surface area contributed by atoms with E-state index in [1.165, 1.54) is 0 Å². The number of rotatable bonds is 3. The van der Waals surface area contributed by atoms with Crippen molar-refractivity contribution in [3.8, 4) is 0 Å². The molecule has 0 radical (unpaired) electrons. The average molecular weight is 269 g/mol. The first-order valence-corrected chi connectivity index (χ1v) is 6.99. The smallest absolute Gasteiger partial charge is 0.231 e. The number of nitrogens with zero attached hydrogens (tertiary/aromatic N) is 1. The lowest BCUT2D eigenvalue weighted by Crippen LogP contribution is -2.51. The van der Waals surface area contributed by atoms with Crippen LogP contribution in [0.2, 0.25) is 0 Å². The molecule has 1 heterocycles.